The van der Waals surface area contributed by atoms with Gasteiger partial charge in [0.05, 0.1) is 6.54 Å². The molecule has 2 aliphatic rings. The Labute approximate surface area is 186 Å². The monoisotopic (exact) mass is 427 g/mol. The molecule has 0 unspecified atom stereocenters. The lowest BCUT2D eigenvalue weighted by Gasteiger charge is -2.22. The molecule has 1 aliphatic carbocycles. The van der Waals surface area contributed by atoms with Gasteiger partial charge in [-0.1, -0.05) is 42.0 Å². The van der Waals surface area contributed by atoms with Crippen LogP contribution >= 0.6 is 0 Å². The molecule has 1 atom stereocenters. The number of nitrogens with zero attached hydrogens (tertiary/aromatic N) is 2. The van der Waals surface area contributed by atoms with E-state index in [0.717, 1.165) is 45.1 Å². The smallest absolute Gasteiger partial charge is 0.319 e. The van der Waals surface area contributed by atoms with Crippen molar-refractivity contribution in [2.75, 3.05) is 6.54 Å². The van der Waals surface area contributed by atoms with Crippen molar-refractivity contribution >= 4 is 17.7 Å². The van der Waals surface area contributed by atoms with Gasteiger partial charge in [0.15, 0.2) is 5.78 Å². The molecule has 0 bridgehead atoms. The zero-order chi connectivity index (χ0) is 22.6. The second kappa shape index (κ2) is 7.19. The second-order valence-corrected chi connectivity index (χ2v) is 8.76. The van der Waals surface area contributed by atoms with Crippen LogP contribution in [-0.4, -0.2) is 33.7 Å². The van der Waals surface area contributed by atoms with Crippen LogP contribution in [0.4, 0.5) is 4.79 Å². The van der Waals surface area contributed by atoms with Gasteiger partial charge in [-0.2, -0.15) is 0 Å². The van der Waals surface area contributed by atoms with Crippen LogP contribution in [-0.2, 0) is 16.8 Å². The number of hydrogen-bond acceptors (Lipinski definition) is 3. The number of aromatic nitrogens is 1. The fraction of sp³-hybridized carbons (Fsp3) is 0.269. The Morgan fingerprint density at radius 2 is 1.75 bits per heavy atom. The Morgan fingerprint density at radius 3 is 2.50 bits per heavy atom. The molecule has 1 saturated heterocycles. The van der Waals surface area contributed by atoms with Crippen LogP contribution in [0, 0.1) is 20.8 Å². The first-order valence-corrected chi connectivity index (χ1v) is 10.8. The molecular formula is C26H25N3O3. The van der Waals surface area contributed by atoms with Gasteiger partial charge in [0.25, 0.3) is 5.91 Å². The third-order valence-electron chi connectivity index (χ3n) is 6.75. The first-order valence-electron chi connectivity index (χ1n) is 10.8. The van der Waals surface area contributed by atoms with E-state index in [2.05, 4.69) is 5.32 Å². The molecular weight excluding hydrogens is 402 g/mol. The topological polar surface area (TPSA) is 71.4 Å². The number of fused-ring (bicyclic) bond motifs is 2. The number of ketones is 1. The Kier molecular flexibility index (Phi) is 4.55. The van der Waals surface area contributed by atoms with Crippen molar-refractivity contribution < 1.29 is 14.4 Å². The molecule has 0 radical (unpaired) electrons. The standard InChI is InChI=1S/C26H25N3O3/c1-16-8-10-20(11-9-16)29-17(2)14-21(18(29)3)23(30)15-28-24(31)26(27-25(28)32)13-12-19-6-4-5-7-22(19)26/h4-11,14H,12-13,15H2,1-3H3,(H,27,32)/t26-/m0/s1. The summed E-state index contributed by atoms with van der Waals surface area (Å²) in [6.07, 6.45) is 1.24. The highest BCUT2D eigenvalue weighted by atomic mass is 16.2. The lowest BCUT2D eigenvalue weighted by atomic mass is 9.92. The van der Waals surface area contributed by atoms with E-state index in [1.807, 2.05) is 79.9 Å². The van der Waals surface area contributed by atoms with Crippen LogP contribution in [0.5, 0.6) is 0 Å². The summed E-state index contributed by atoms with van der Waals surface area (Å²) in [4.78, 5) is 40.4. The molecule has 1 N–H and O–H groups in total. The number of carbonyl (C=O) groups excluding carboxylic acids is 3. The van der Waals surface area contributed by atoms with E-state index in [1.165, 1.54) is 0 Å². The fourth-order valence-electron chi connectivity index (χ4n) is 5.10. The Morgan fingerprint density at radius 1 is 1.03 bits per heavy atom. The normalized spacial score (nSPS) is 19.5. The lowest BCUT2D eigenvalue weighted by Crippen LogP contribution is -2.42. The van der Waals surface area contributed by atoms with Gasteiger partial charge in [-0.25, -0.2) is 4.79 Å². The summed E-state index contributed by atoms with van der Waals surface area (Å²) < 4.78 is 2.02. The van der Waals surface area contributed by atoms with Gasteiger partial charge in [-0.3, -0.25) is 14.5 Å². The molecule has 6 nitrogen and oxygen atoms in total. The minimum atomic E-state index is -1.05. The van der Waals surface area contributed by atoms with Crippen molar-refractivity contribution in [3.63, 3.8) is 0 Å². The fourth-order valence-corrected chi connectivity index (χ4v) is 5.10. The molecule has 5 rings (SSSR count). The molecule has 32 heavy (non-hydrogen) atoms. The van der Waals surface area contributed by atoms with E-state index >= 15 is 0 Å². The van der Waals surface area contributed by atoms with Crippen molar-refractivity contribution in [2.45, 2.75) is 39.2 Å². The predicted octanol–water partition coefficient (Wildman–Crippen LogP) is 3.98. The molecule has 3 amide bonds. The number of aryl methyl sites for hydroxylation is 3. The Hall–Kier alpha value is -3.67. The van der Waals surface area contributed by atoms with E-state index in [1.54, 1.807) is 0 Å². The minimum absolute atomic E-state index is 0.247. The zero-order valence-electron chi connectivity index (χ0n) is 18.4. The van der Waals surface area contributed by atoms with Gasteiger partial charge in [0, 0.05) is 22.6 Å². The quantitative estimate of drug-likeness (QED) is 0.506. The number of benzene rings is 2. The summed E-state index contributed by atoms with van der Waals surface area (Å²) in [7, 11) is 0. The number of carbonyl (C=O) groups is 3. The molecule has 6 heteroatoms. The van der Waals surface area contributed by atoms with E-state index in [9.17, 15) is 14.4 Å². The summed E-state index contributed by atoms with van der Waals surface area (Å²) in [5, 5.41) is 2.88. The predicted molar refractivity (Wildman–Crippen MR) is 121 cm³/mol. The Bertz CT molecular complexity index is 1270. The number of nitrogens with one attached hydrogen (secondary N) is 1. The number of imide groups is 1. The van der Waals surface area contributed by atoms with Gasteiger partial charge >= 0.3 is 6.03 Å². The third kappa shape index (κ3) is 2.90. The molecule has 162 valence electrons. The van der Waals surface area contributed by atoms with Crippen molar-refractivity contribution in [3.8, 4) is 5.69 Å². The second-order valence-electron chi connectivity index (χ2n) is 8.76. The van der Waals surface area contributed by atoms with Crippen LogP contribution in [0.25, 0.3) is 5.69 Å². The average Bonchev–Trinajstić information content (AvgIpc) is 3.37. The summed E-state index contributed by atoms with van der Waals surface area (Å²) in [6, 6.07) is 17.1. The van der Waals surface area contributed by atoms with Crippen molar-refractivity contribution in [3.05, 3.63) is 88.2 Å². The maximum Gasteiger partial charge on any atom is 0.325 e. The molecule has 3 aromatic rings. The Balaban J connectivity index is 1.43. The van der Waals surface area contributed by atoms with Crippen LogP contribution in [0.15, 0.2) is 54.6 Å². The highest BCUT2D eigenvalue weighted by Gasteiger charge is 2.55. The summed E-state index contributed by atoms with van der Waals surface area (Å²) in [5.41, 5.74) is 5.23. The van der Waals surface area contributed by atoms with Crippen LogP contribution in [0.3, 0.4) is 0 Å². The summed E-state index contributed by atoms with van der Waals surface area (Å²) in [5.74, 6) is -0.587. The molecule has 0 saturated carbocycles. The zero-order valence-corrected chi connectivity index (χ0v) is 18.4. The van der Waals surface area contributed by atoms with Gasteiger partial charge in [-0.15, -0.1) is 0 Å². The molecule has 2 heterocycles. The van der Waals surface area contributed by atoms with Crippen LogP contribution < -0.4 is 5.32 Å². The molecule has 1 aliphatic heterocycles. The third-order valence-corrected chi connectivity index (χ3v) is 6.75. The van der Waals surface area contributed by atoms with E-state index in [-0.39, 0.29) is 18.2 Å². The molecule has 1 fully saturated rings. The van der Waals surface area contributed by atoms with Crippen molar-refractivity contribution in [1.29, 1.82) is 0 Å². The average molecular weight is 428 g/mol. The highest BCUT2D eigenvalue weighted by molar-refractivity contribution is 6.12. The maximum atomic E-state index is 13.4. The summed E-state index contributed by atoms with van der Waals surface area (Å²) >= 11 is 0. The number of urea groups is 1. The molecule has 1 spiro atoms. The van der Waals surface area contributed by atoms with E-state index in [0.29, 0.717) is 12.0 Å². The van der Waals surface area contributed by atoms with Crippen molar-refractivity contribution in [2.24, 2.45) is 0 Å². The van der Waals surface area contributed by atoms with E-state index in [4.69, 9.17) is 0 Å². The summed E-state index contributed by atoms with van der Waals surface area (Å²) in [6.45, 7) is 5.59. The number of rotatable bonds is 4. The van der Waals surface area contributed by atoms with Crippen LogP contribution in [0.1, 0.15) is 44.9 Å². The minimum Gasteiger partial charge on any atom is -0.319 e. The SMILES string of the molecule is Cc1ccc(-n2c(C)cc(C(=O)CN3C(=O)N[C@]4(CCc5ccccc54)C3=O)c2C)cc1. The highest BCUT2D eigenvalue weighted by Crippen LogP contribution is 2.41. The van der Waals surface area contributed by atoms with Crippen molar-refractivity contribution in [1.82, 2.24) is 14.8 Å². The first kappa shape index (κ1) is 20.2. The van der Waals surface area contributed by atoms with Gasteiger partial charge in [0.1, 0.15) is 5.54 Å². The van der Waals surface area contributed by atoms with Gasteiger partial charge in [0.2, 0.25) is 0 Å². The number of hydrogen-bond donors (Lipinski definition) is 1. The maximum absolute atomic E-state index is 13.4. The number of Topliss-reactive ketones (excluding diaryl/α,β-unsaturated/α-hetero) is 1. The lowest BCUT2D eigenvalue weighted by molar-refractivity contribution is -0.131. The first-order chi connectivity index (χ1) is 15.3. The largest absolute Gasteiger partial charge is 0.325 e. The number of amides is 3. The van der Waals surface area contributed by atoms with Gasteiger partial charge < -0.3 is 9.88 Å². The van der Waals surface area contributed by atoms with Gasteiger partial charge in [-0.05, 0) is 62.9 Å². The van der Waals surface area contributed by atoms with Crippen LogP contribution in [0.2, 0.25) is 0 Å². The molecule has 1 aromatic heterocycles. The van der Waals surface area contributed by atoms with E-state index < -0.39 is 11.6 Å². The molecule has 2 aromatic carbocycles.